The van der Waals surface area contributed by atoms with Gasteiger partial charge >= 0.3 is 0 Å². The van der Waals surface area contributed by atoms with Gasteiger partial charge in [-0.3, -0.25) is 4.79 Å². The zero-order valence-electron chi connectivity index (χ0n) is 20.0. The van der Waals surface area contributed by atoms with Gasteiger partial charge in [-0.15, -0.1) is 11.6 Å². The second-order valence-corrected chi connectivity index (χ2v) is 8.46. The van der Waals surface area contributed by atoms with Gasteiger partial charge in [-0.25, -0.2) is 0 Å². The summed E-state index contributed by atoms with van der Waals surface area (Å²) < 4.78 is 9.78. The molecule has 6 heteroatoms. The van der Waals surface area contributed by atoms with Crippen LogP contribution in [0.5, 0.6) is 0 Å². The summed E-state index contributed by atoms with van der Waals surface area (Å²) in [6.07, 6.45) is 5.17. The number of methoxy groups -OCH3 is 1. The molecular formula is C27H34ClN3O2+2. The van der Waals surface area contributed by atoms with E-state index in [1.165, 1.54) is 11.4 Å². The van der Waals surface area contributed by atoms with Crippen molar-refractivity contribution < 1.29 is 18.7 Å². The first-order chi connectivity index (χ1) is 16.0. The van der Waals surface area contributed by atoms with Gasteiger partial charge in [0, 0.05) is 31.4 Å². The van der Waals surface area contributed by atoms with Crippen LogP contribution in [0.25, 0.3) is 11.4 Å². The Morgan fingerprint density at radius 3 is 2.15 bits per heavy atom. The van der Waals surface area contributed by atoms with Gasteiger partial charge in [0.05, 0.1) is 18.3 Å². The number of hydrogen-bond acceptors (Lipinski definition) is 2. The third kappa shape index (κ3) is 5.79. The van der Waals surface area contributed by atoms with Crippen molar-refractivity contribution in [2.45, 2.75) is 46.3 Å². The number of para-hydroxylation sites is 1. The summed E-state index contributed by atoms with van der Waals surface area (Å²) in [6, 6.07) is 18.7. The Kier molecular flexibility index (Phi) is 8.98. The first-order valence-corrected chi connectivity index (χ1v) is 12.0. The maximum Gasteiger partial charge on any atom is 0.277 e. The number of aromatic nitrogens is 2. The molecule has 174 valence electrons. The zero-order chi connectivity index (χ0) is 23.8. The van der Waals surface area contributed by atoms with E-state index in [0.717, 1.165) is 36.3 Å². The molecule has 0 aliphatic carbocycles. The van der Waals surface area contributed by atoms with E-state index < -0.39 is 0 Å². The molecule has 2 aromatic heterocycles. The van der Waals surface area contributed by atoms with E-state index in [2.05, 4.69) is 70.9 Å². The van der Waals surface area contributed by atoms with Gasteiger partial charge in [0.1, 0.15) is 5.88 Å². The molecule has 33 heavy (non-hydrogen) atoms. The Balaban J connectivity index is 0.000000192. The molecule has 3 aromatic rings. The molecule has 0 fully saturated rings. The Bertz CT molecular complexity index is 1040. The molecule has 1 atom stereocenters. The lowest BCUT2D eigenvalue weighted by molar-refractivity contribution is -0.794. The minimum atomic E-state index is -0.0878. The van der Waals surface area contributed by atoms with Gasteiger partial charge in [-0.1, -0.05) is 25.1 Å². The number of amides is 1. The van der Waals surface area contributed by atoms with E-state index in [0.29, 0.717) is 6.61 Å². The van der Waals surface area contributed by atoms with E-state index in [9.17, 15) is 4.79 Å². The van der Waals surface area contributed by atoms with Crippen LogP contribution in [-0.2, 0) is 29.0 Å². The van der Waals surface area contributed by atoms with Crippen LogP contribution < -0.4 is 14.0 Å². The van der Waals surface area contributed by atoms with E-state index in [4.69, 9.17) is 16.3 Å². The normalized spacial score (nSPS) is 12.6. The minimum Gasteiger partial charge on any atom is -0.383 e. The molecule has 4 rings (SSSR count). The van der Waals surface area contributed by atoms with Crippen LogP contribution in [0.2, 0.25) is 0 Å². The van der Waals surface area contributed by atoms with E-state index in [1.54, 1.807) is 12.0 Å². The minimum absolute atomic E-state index is 0.0223. The summed E-state index contributed by atoms with van der Waals surface area (Å²) >= 11 is 5.76. The van der Waals surface area contributed by atoms with Crippen molar-refractivity contribution >= 4 is 23.2 Å². The molecule has 1 unspecified atom stereocenters. The summed E-state index contributed by atoms with van der Waals surface area (Å²) in [5.74, 6) is -0.110. The molecule has 1 amide bonds. The summed E-state index contributed by atoms with van der Waals surface area (Å²) in [7, 11) is 1.64. The van der Waals surface area contributed by atoms with E-state index in [1.807, 2.05) is 26.0 Å². The molecule has 0 bridgehead atoms. The molecule has 0 saturated heterocycles. The van der Waals surface area contributed by atoms with Gasteiger partial charge in [0.15, 0.2) is 12.4 Å². The highest BCUT2D eigenvalue weighted by atomic mass is 35.5. The number of anilines is 1. The topological polar surface area (TPSA) is 37.3 Å². The molecule has 0 saturated carbocycles. The summed E-state index contributed by atoms with van der Waals surface area (Å²) in [4.78, 5) is 14.0. The molecule has 1 aliphatic heterocycles. The van der Waals surface area contributed by atoms with Crippen LogP contribution in [0.3, 0.4) is 0 Å². The van der Waals surface area contributed by atoms with Crippen LogP contribution in [0.4, 0.5) is 5.69 Å². The maximum absolute atomic E-state index is 12.2. The average Bonchev–Trinajstić information content (AvgIpc) is 2.85. The van der Waals surface area contributed by atoms with Crippen LogP contribution in [0.1, 0.15) is 25.0 Å². The van der Waals surface area contributed by atoms with Crippen LogP contribution in [-0.4, -0.2) is 31.5 Å². The van der Waals surface area contributed by atoms with E-state index >= 15 is 0 Å². The second kappa shape index (κ2) is 11.9. The number of fused-ring (bicyclic) bond motifs is 3. The average molecular weight is 468 g/mol. The van der Waals surface area contributed by atoms with Crippen LogP contribution in [0, 0.1) is 6.92 Å². The fourth-order valence-corrected chi connectivity index (χ4v) is 4.47. The van der Waals surface area contributed by atoms with Gasteiger partial charge in [-0.05, 0) is 43.5 Å². The highest BCUT2D eigenvalue weighted by Gasteiger charge is 2.27. The number of carbonyl (C=O) groups excluding carboxylic acids is 1. The lowest BCUT2D eigenvalue weighted by atomic mass is 10.0. The number of pyridine rings is 2. The standard InChI is InChI=1S/C15H22ClNO2.C12H12N2/c1-5-13-8-6-7-11(2)15(13)17(14(18)9-16)12(3)10-19-4;1-3-7-13-9-10-14-8-4-2-6-12(14)11(13)5-1/h6-8,12H,5,9-10H2,1-4H3;1-8H,9-10H2/q;+2. The summed E-state index contributed by atoms with van der Waals surface area (Å²) in [5.41, 5.74) is 5.82. The first kappa shape index (κ1) is 24.9. The highest BCUT2D eigenvalue weighted by Crippen LogP contribution is 2.28. The molecule has 3 heterocycles. The summed E-state index contributed by atoms with van der Waals surface area (Å²) in [5, 5.41) is 0. The van der Waals surface area contributed by atoms with Crippen molar-refractivity contribution in [2.24, 2.45) is 0 Å². The predicted octanol–water partition coefficient (Wildman–Crippen LogP) is 4.11. The number of carbonyl (C=O) groups is 1. The van der Waals surface area contributed by atoms with Crippen LogP contribution in [0.15, 0.2) is 67.0 Å². The Labute approximate surface area is 202 Å². The Hall–Kier alpha value is -2.76. The molecule has 0 N–H and O–H groups in total. The smallest absolute Gasteiger partial charge is 0.277 e. The fourth-order valence-electron chi connectivity index (χ4n) is 4.34. The molecular weight excluding hydrogens is 434 g/mol. The predicted molar refractivity (Wildman–Crippen MR) is 132 cm³/mol. The second-order valence-electron chi connectivity index (χ2n) is 8.20. The SMILES string of the molecule is CCc1cccc(C)c1N(C(=O)CCl)C(C)COC.c1cc[n+]2c(c1)-c1cccc[n+]1CC2. The quantitative estimate of drug-likeness (QED) is 0.404. The molecule has 0 spiro atoms. The van der Waals surface area contributed by atoms with Crippen molar-refractivity contribution in [3.63, 3.8) is 0 Å². The number of ether oxygens (including phenoxy) is 1. The van der Waals surface area contributed by atoms with E-state index in [-0.39, 0.29) is 17.8 Å². The third-order valence-corrected chi connectivity index (χ3v) is 6.13. The van der Waals surface area contributed by atoms with Gasteiger partial charge in [0.2, 0.25) is 19.0 Å². The maximum atomic E-state index is 12.2. The zero-order valence-corrected chi connectivity index (χ0v) is 20.8. The van der Waals surface area contributed by atoms with Gasteiger partial charge in [0.25, 0.3) is 11.4 Å². The van der Waals surface area contributed by atoms with Crippen molar-refractivity contribution in [2.75, 3.05) is 24.5 Å². The number of rotatable bonds is 6. The monoisotopic (exact) mass is 467 g/mol. The summed E-state index contributed by atoms with van der Waals surface area (Å²) in [6.45, 7) is 8.70. The number of benzene rings is 1. The number of alkyl halides is 1. The Morgan fingerprint density at radius 2 is 1.64 bits per heavy atom. The molecule has 1 aromatic carbocycles. The Morgan fingerprint density at radius 1 is 1.03 bits per heavy atom. The number of halogens is 1. The van der Waals surface area contributed by atoms with Gasteiger partial charge < -0.3 is 9.64 Å². The van der Waals surface area contributed by atoms with Crippen molar-refractivity contribution in [1.82, 2.24) is 0 Å². The van der Waals surface area contributed by atoms with Crippen molar-refractivity contribution in [3.05, 3.63) is 78.1 Å². The van der Waals surface area contributed by atoms with Crippen LogP contribution >= 0.6 is 11.6 Å². The molecule has 1 aliphatic rings. The van der Waals surface area contributed by atoms with Crippen molar-refractivity contribution in [3.8, 4) is 11.4 Å². The van der Waals surface area contributed by atoms with Crippen molar-refractivity contribution in [1.29, 1.82) is 0 Å². The lowest BCUT2D eigenvalue weighted by Crippen LogP contribution is -2.52. The largest absolute Gasteiger partial charge is 0.383 e. The van der Waals surface area contributed by atoms with Gasteiger partial charge in [-0.2, -0.15) is 9.13 Å². The molecule has 0 radical (unpaired) electrons. The first-order valence-electron chi connectivity index (χ1n) is 11.4. The number of aryl methyl sites for hydroxylation is 4. The third-order valence-electron chi connectivity index (χ3n) is 5.90. The highest BCUT2D eigenvalue weighted by molar-refractivity contribution is 6.29. The molecule has 5 nitrogen and oxygen atoms in total. The lowest BCUT2D eigenvalue weighted by Gasteiger charge is -2.31. The number of nitrogens with zero attached hydrogens (tertiary/aromatic N) is 3. The fraction of sp³-hybridized carbons (Fsp3) is 0.370. The number of hydrogen-bond donors (Lipinski definition) is 0.